The predicted molar refractivity (Wildman–Crippen MR) is 161 cm³/mol. The van der Waals surface area contributed by atoms with Crippen molar-refractivity contribution in [3.63, 3.8) is 0 Å². The van der Waals surface area contributed by atoms with Gasteiger partial charge in [-0.05, 0) is 63.4 Å². The fraction of sp³-hybridized carbons (Fsp3) is 0.357. The van der Waals surface area contributed by atoms with Crippen molar-refractivity contribution in [2.24, 2.45) is 0 Å². The average Bonchev–Trinajstić information content (AvgIpc) is 3.79. The quantitative estimate of drug-likeness (QED) is 0.244. The van der Waals surface area contributed by atoms with Crippen molar-refractivity contribution in [1.82, 2.24) is 38.4 Å². The molecule has 0 bridgehead atoms. The number of aromatic nitrogens is 7. The molecule has 14 heteroatoms. The van der Waals surface area contributed by atoms with Crippen LogP contribution >= 0.6 is 11.5 Å². The zero-order chi connectivity index (χ0) is 29.9. The standard InChI is InChI=1S/C20H24N8S.C6H5FN2O.C2H6O/c1-3-27-12-15(9-22-27)17-10-21-20-19(23-14(2)11-28(17)20)24-18-8-16(25-29-18)13-26-6-4-5-7-26;7-5-3-8-2-1-6(5)9-4-10;1-3-2/h8-12H,3-7,13H2,1-2H3,(H,23,24);1-4H,(H,8,9,10);1-2H3. The van der Waals surface area contributed by atoms with Crippen molar-refractivity contribution >= 4 is 40.1 Å². The number of aryl methyl sites for hydroxylation is 2. The number of pyridine rings is 1. The maximum absolute atomic E-state index is 12.5. The van der Waals surface area contributed by atoms with E-state index >= 15 is 0 Å². The molecule has 6 rings (SSSR count). The molecule has 1 saturated heterocycles. The molecule has 1 amide bonds. The molecule has 6 heterocycles. The second-order valence-electron chi connectivity index (χ2n) is 9.47. The van der Waals surface area contributed by atoms with Gasteiger partial charge in [0, 0.05) is 51.5 Å². The number of imidazole rings is 1. The van der Waals surface area contributed by atoms with Crippen LogP contribution in [0.5, 0.6) is 0 Å². The number of amides is 1. The van der Waals surface area contributed by atoms with Crippen molar-refractivity contribution in [2.45, 2.75) is 39.8 Å². The lowest BCUT2D eigenvalue weighted by atomic mass is 10.3. The number of fused-ring (bicyclic) bond motifs is 1. The van der Waals surface area contributed by atoms with E-state index in [1.54, 1.807) is 14.2 Å². The zero-order valence-corrected chi connectivity index (χ0v) is 24.9. The van der Waals surface area contributed by atoms with E-state index in [2.05, 4.69) is 57.1 Å². The maximum atomic E-state index is 12.5. The lowest BCUT2D eigenvalue weighted by Gasteiger charge is -2.11. The normalized spacial score (nSPS) is 12.8. The van der Waals surface area contributed by atoms with Crippen LogP contribution in [0.2, 0.25) is 0 Å². The van der Waals surface area contributed by atoms with Crippen molar-refractivity contribution in [3.05, 3.63) is 66.5 Å². The molecule has 5 aromatic rings. The van der Waals surface area contributed by atoms with Crippen LogP contribution in [-0.2, 0) is 22.6 Å². The Kier molecular flexibility index (Phi) is 11.0. The number of anilines is 3. The molecular weight excluding hydrogens is 559 g/mol. The van der Waals surface area contributed by atoms with Gasteiger partial charge in [-0.3, -0.25) is 23.8 Å². The molecule has 0 spiro atoms. The Morgan fingerprint density at radius 2 is 1.95 bits per heavy atom. The molecule has 0 aliphatic carbocycles. The van der Waals surface area contributed by atoms with Crippen LogP contribution in [0.3, 0.4) is 0 Å². The van der Waals surface area contributed by atoms with Crippen molar-refractivity contribution in [3.8, 4) is 11.3 Å². The van der Waals surface area contributed by atoms with Gasteiger partial charge in [0.25, 0.3) is 0 Å². The van der Waals surface area contributed by atoms with E-state index in [9.17, 15) is 9.18 Å². The lowest BCUT2D eigenvalue weighted by Crippen LogP contribution is -2.18. The molecule has 1 aliphatic rings. The van der Waals surface area contributed by atoms with E-state index in [4.69, 9.17) is 4.98 Å². The van der Waals surface area contributed by atoms with E-state index in [1.807, 2.05) is 36.4 Å². The summed E-state index contributed by atoms with van der Waals surface area (Å²) in [4.78, 5) is 25.1. The van der Waals surface area contributed by atoms with Crippen LogP contribution in [0.4, 0.5) is 20.9 Å². The number of rotatable bonds is 8. The van der Waals surface area contributed by atoms with Crippen molar-refractivity contribution in [1.29, 1.82) is 0 Å². The first kappa shape index (κ1) is 30.7. The number of nitrogens with zero attached hydrogens (tertiary/aromatic N) is 8. The Labute approximate surface area is 247 Å². The van der Waals surface area contributed by atoms with E-state index in [0.717, 1.165) is 58.4 Å². The Morgan fingerprint density at radius 1 is 1.17 bits per heavy atom. The first-order chi connectivity index (χ1) is 20.4. The van der Waals surface area contributed by atoms with Gasteiger partial charge in [-0.15, -0.1) is 0 Å². The average molecular weight is 595 g/mol. The van der Waals surface area contributed by atoms with E-state index in [-0.39, 0.29) is 5.69 Å². The lowest BCUT2D eigenvalue weighted by molar-refractivity contribution is -0.105. The molecule has 1 aliphatic heterocycles. The largest absolute Gasteiger partial charge is 0.388 e. The summed E-state index contributed by atoms with van der Waals surface area (Å²) in [7, 11) is 3.25. The topological polar surface area (TPSA) is 127 Å². The summed E-state index contributed by atoms with van der Waals surface area (Å²) in [6.45, 7) is 8.18. The van der Waals surface area contributed by atoms with Gasteiger partial charge in [0.1, 0.15) is 5.00 Å². The monoisotopic (exact) mass is 594 g/mol. The number of nitrogens with one attached hydrogen (secondary N) is 2. The first-order valence-corrected chi connectivity index (χ1v) is 14.2. The Morgan fingerprint density at radius 3 is 2.64 bits per heavy atom. The minimum atomic E-state index is -0.533. The van der Waals surface area contributed by atoms with Crippen LogP contribution < -0.4 is 10.6 Å². The third kappa shape index (κ3) is 7.93. The highest BCUT2D eigenvalue weighted by Gasteiger charge is 2.16. The third-order valence-electron chi connectivity index (χ3n) is 6.24. The maximum Gasteiger partial charge on any atom is 0.211 e. The zero-order valence-electron chi connectivity index (χ0n) is 24.1. The fourth-order valence-electron chi connectivity index (χ4n) is 4.36. The Bertz CT molecular complexity index is 1580. The van der Waals surface area contributed by atoms with Crippen LogP contribution in [0.25, 0.3) is 16.9 Å². The minimum absolute atomic E-state index is 0.144. The minimum Gasteiger partial charge on any atom is -0.388 e. The van der Waals surface area contributed by atoms with Gasteiger partial charge in [-0.1, -0.05) is 0 Å². The molecule has 12 nitrogen and oxygen atoms in total. The van der Waals surface area contributed by atoms with Gasteiger partial charge in [0.05, 0.1) is 41.4 Å². The van der Waals surface area contributed by atoms with Crippen LogP contribution in [0.1, 0.15) is 31.2 Å². The van der Waals surface area contributed by atoms with Gasteiger partial charge < -0.3 is 15.4 Å². The molecular formula is C28H35FN10O2S. The highest BCUT2D eigenvalue weighted by Crippen LogP contribution is 2.28. The molecule has 222 valence electrons. The van der Waals surface area contributed by atoms with Crippen LogP contribution in [-0.4, -0.2) is 72.1 Å². The second kappa shape index (κ2) is 15.1. The predicted octanol–water partition coefficient (Wildman–Crippen LogP) is 4.77. The summed E-state index contributed by atoms with van der Waals surface area (Å²) in [6.07, 6.45) is 13.2. The molecule has 2 N–H and O–H groups in total. The van der Waals surface area contributed by atoms with E-state index in [1.165, 1.54) is 49.7 Å². The SMILES string of the molecule is CCn1cc(-c2cnc3c(Nc4cc(CN5CCCC5)ns4)nc(C)cn23)cn1.COC.O=CNc1ccncc1F. The molecule has 5 aromatic heterocycles. The summed E-state index contributed by atoms with van der Waals surface area (Å²) in [5.41, 5.74) is 5.02. The summed E-state index contributed by atoms with van der Waals surface area (Å²) < 4.78 is 25.4. The molecule has 0 radical (unpaired) electrons. The number of carbonyl (C=O) groups is 1. The molecule has 0 aromatic carbocycles. The number of hydrogen-bond donors (Lipinski definition) is 2. The Hall–Kier alpha value is -4.27. The van der Waals surface area contributed by atoms with Gasteiger partial charge in [0.2, 0.25) is 6.41 Å². The van der Waals surface area contributed by atoms with Crippen LogP contribution in [0.15, 0.2) is 49.3 Å². The smallest absolute Gasteiger partial charge is 0.211 e. The summed E-state index contributed by atoms with van der Waals surface area (Å²) >= 11 is 1.47. The Balaban J connectivity index is 0.000000261. The molecule has 0 atom stereocenters. The summed E-state index contributed by atoms with van der Waals surface area (Å²) in [6, 6.07) is 3.50. The van der Waals surface area contributed by atoms with Gasteiger partial charge in [-0.25, -0.2) is 14.4 Å². The van der Waals surface area contributed by atoms with Gasteiger partial charge in [-0.2, -0.15) is 9.47 Å². The van der Waals surface area contributed by atoms with Crippen molar-refractivity contribution < 1.29 is 13.9 Å². The highest BCUT2D eigenvalue weighted by molar-refractivity contribution is 7.10. The molecule has 1 fully saturated rings. The summed E-state index contributed by atoms with van der Waals surface area (Å²) in [5.74, 6) is 0.213. The third-order valence-corrected chi connectivity index (χ3v) is 6.98. The molecule has 42 heavy (non-hydrogen) atoms. The van der Waals surface area contributed by atoms with Crippen LogP contribution in [0, 0.1) is 12.7 Å². The van der Waals surface area contributed by atoms with E-state index in [0.29, 0.717) is 6.41 Å². The van der Waals surface area contributed by atoms with E-state index < -0.39 is 5.82 Å². The number of hydrogen-bond acceptors (Lipinski definition) is 10. The molecule has 0 unspecified atom stereocenters. The second-order valence-corrected chi connectivity index (χ2v) is 10.3. The number of carbonyl (C=O) groups excluding carboxylic acids is 1. The number of ether oxygens (including phenoxy) is 1. The first-order valence-electron chi connectivity index (χ1n) is 13.5. The fourth-order valence-corrected chi connectivity index (χ4v) is 5.02. The van der Waals surface area contributed by atoms with Gasteiger partial charge in [0.15, 0.2) is 17.3 Å². The number of halogens is 1. The van der Waals surface area contributed by atoms with Crippen molar-refractivity contribution in [2.75, 3.05) is 37.9 Å². The number of methoxy groups -OCH3 is 1. The number of likely N-dealkylation sites (tertiary alicyclic amines) is 1. The van der Waals surface area contributed by atoms with Gasteiger partial charge >= 0.3 is 0 Å². The summed E-state index contributed by atoms with van der Waals surface area (Å²) in [5, 5.41) is 11.0. The molecule has 0 saturated carbocycles. The highest BCUT2D eigenvalue weighted by atomic mass is 32.1.